The predicted molar refractivity (Wildman–Crippen MR) is 145 cm³/mol. The van der Waals surface area contributed by atoms with Gasteiger partial charge in [-0.1, -0.05) is 60.1 Å². The monoisotopic (exact) mass is 508 g/mol. The van der Waals surface area contributed by atoms with Gasteiger partial charge in [0, 0.05) is 43.2 Å². The summed E-state index contributed by atoms with van der Waals surface area (Å²) in [5, 5.41) is 6.19. The lowest BCUT2D eigenvalue weighted by Gasteiger charge is -2.35. The third-order valence-electron chi connectivity index (χ3n) is 6.62. The van der Waals surface area contributed by atoms with E-state index in [-0.39, 0.29) is 5.91 Å². The minimum absolute atomic E-state index is 0.0193. The molecule has 0 unspecified atom stereocenters. The van der Waals surface area contributed by atoms with Gasteiger partial charge in [-0.2, -0.15) is 5.10 Å². The van der Waals surface area contributed by atoms with Gasteiger partial charge in [-0.15, -0.1) is 0 Å². The zero-order valence-electron chi connectivity index (χ0n) is 20.2. The number of aromatic nitrogens is 4. The van der Waals surface area contributed by atoms with Crippen molar-refractivity contribution in [2.24, 2.45) is 0 Å². The van der Waals surface area contributed by atoms with E-state index < -0.39 is 0 Å². The van der Waals surface area contributed by atoms with Crippen LogP contribution in [0, 0.1) is 0 Å². The summed E-state index contributed by atoms with van der Waals surface area (Å²) >= 11 is 5.99. The number of benzene rings is 3. The van der Waals surface area contributed by atoms with Crippen molar-refractivity contribution in [1.29, 1.82) is 0 Å². The van der Waals surface area contributed by atoms with Gasteiger partial charge < -0.3 is 9.80 Å². The summed E-state index contributed by atoms with van der Waals surface area (Å²) in [4.78, 5) is 27.1. The SMILES string of the molecule is O=C(c1ccc(Cl)cc1)N1CCN(c2nc(Cc3ccccc3)nc3c2cnn3-c2ccccc2)CC1. The number of carbonyl (C=O) groups excluding carboxylic acids is 1. The van der Waals surface area contributed by atoms with Gasteiger partial charge in [-0.05, 0) is 42.0 Å². The van der Waals surface area contributed by atoms with Crippen LogP contribution in [0.5, 0.6) is 0 Å². The normalized spacial score (nSPS) is 13.8. The average Bonchev–Trinajstić information content (AvgIpc) is 3.38. The Balaban J connectivity index is 1.32. The van der Waals surface area contributed by atoms with E-state index in [1.165, 1.54) is 0 Å². The van der Waals surface area contributed by atoms with Gasteiger partial charge in [0.25, 0.3) is 5.91 Å². The molecule has 0 spiro atoms. The highest BCUT2D eigenvalue weighted by Gasteiger charge is 2.26. The predicted octanol–water partition coefficient (Wildman–Crippen LogP) is 5.02. The molecule has 1 amide bonds. The first-order valence-electron chi connectivity index (χ1n) is 12.3. The second kappa shape index (κ2) is 10.0. The van der Waals surface area contributed by atoms with Crippen LogP contribution in [0.4, 0.5) is 5.82 Å². The van der Waals surface area contributed by atoms with Crippen molar-refractivity contribution in [2.45, 2.75) is 6.42 Å². The molecule has 6 rings (SSSR count). The number of hydrogen-bond donors (Lipinski definition) is 0. The van der Waals surface area contributed by atoms with Crippen molar-refractivity contribution in [1.82, 2.24) is 24.6 Å². The third-order valence-corrected chi connectivity index (χ3v) is 6.87. The molecule has 1 saturated heterocycles. The first-order chi connectivity index (χ1) is 18.2. The number of para-hydroxylation sites is 1. The van der Waals surface area contributed by atoms with Crippen LogP contribution in [0.15, 0.2) is 91.1 Å². The van der Waals surface area contributed by atoms with Crippen molar-refractivity contribution in [3.05, 3.63) is 113 Å². The van der Waals surface area contributed by atoms with Crippen LogP contribution in [0.25, 0.3) is 16.7 Å². The van der Waals surface area contributed by atoms with Gasteiger partial charge in [0.1, 0.15) is 11.6 Å². The van der Waals surface area contributed by atoms with Gasteiger partial charge in [0.15, 0.2) is 5.65 Å². The number of piperazine rings is 1. The van der Waals surface area contributed by atoms with Crippen molar-refractivity contribution >= 4 is 34.4 Å². The van der Waals surface area contributed by atoms with Gasteiger partial charge in [-0.25, -0.2) is 14.6 Å². The smallest absolute Gasteiger partial charge is 0.253 e. The molecule has 0 aliphatic carbocycles. The Hall–Kier alpha value is -4.23. The van der Waals surface area contributed by atoms with E-state index in [1.807, 2.05) is 64.3 Å². The Bertz CT molecular complexity index is 1530. The summed E-state index contributed by atoms with van der Waals surface area (Å²) in [7, 11) is 0. The van der Waals surface area contributed by atoms with E-state index in [2.05, 4.69) is 22.1 Å². The zero-order chi connectivity index (χ0) is 25.2. The van der Waals surface area contributed by atoms with Crippen molar-refractivity contribution < 1.29 is 4.79 Å². The second-order valence-corrected chi connectivity index (χ2v) is 9.48. The third kappa shape index (κ3) is 4.78. The molecule has 7 nitrogen and oxygen atoms in total. The summed E-state index contributed by atoms with van der Waals surface area (Å²) < 4.78 is 1.87. The van der Waals surface area contributed by atoms with E-state index >= 15 is 0 Å². The van der Waals surface area contributed by atoms with E-state index in [0.29, 0.717) is 43.2 Å². The minimum Gasteiger partial charge on any atom is -0.352 e. The molecule has 184 valence electrons. The first kappa shape index (κ1) is 23.2. The largest absolute Gasteiger partial charge is 0.352 e. The molecule has 0 atom stereocenters. The average molecular weight is 509 g/mol. The molecule has 1 aliphatic heterocycles. The number of carbonyl (C=O) groups is 1. The molecule has 1 fully saturated rings. The van der Waals surface area contributed by atoms with Crippen molar-refractivity contribution in [3.8, 4) is 5.69 Å². The summed E-state index contributed by atoms with van der Waals surface area (Å²) in [6.07, 6.45) is 2.47. The Morgan fingerprint density at radius 2 is 1.49 bits per heavy atom. The molecule has 8 heteroatoms. The molecule has 3 heterocycles. The summed E-state index contributed by atoms with van der Waals surface area (Å²) in [6.45, 7) is 2.56. The first-order valence-corrected chi connectivity index (χ1v) is 12.7. The molecule has 0 bridgehead atoms. The Morgan fingerprint density at radius 1 is 0.811 bits per heavy atom. The molecule has 5 aromatic rings. The Morgan fingerprint density at radius 3 is 2.19 bits per heavy atom. The van der Waals surface area contributed by atoms with Crippen LogP contribution in [0.3, 0.4) is 0 Å². The van der Waals surface area contributed by atoms with Crippen LogP contribution < -0.4 is 4.90 Å². The number of hydrogen-bond acceptors (Lipinski definition) is 5. The van der Waals surface area contributed by atoms with Crippen LogP contribution in [-0.4, -0.2) is 56.7 Å². The quantitative estimate of drug-likeness (QED) is 0.333. The van der Waals surface area contributed by atoms with Crippen LogP contribution in [0.2, 0.25) is 5.02 Å². The standard InChI is InChI=1S/C29H25ClN6O/c30-23-13-11-22(12-14-23)29(37)35-17-15-34(16-18-35)27-25-20-31-36(24-9-5-2-6-10-24)28(25)33-26(32-27)19-21-7-3-1-4-8-21/h1-14,20H,15-19H2. The molecule has 1 aliphatic rings. The maximum absolute atomic E-state index is 13.0. The Labute approximate surface area is 219 Å². The molecule has 37 heavy (non-hydrogen) atoms. The van der Waals surface area contributed by atoms with Crippen LogP contribution in [-0.2, 0) is 6.42 Å². The molecular weight excluding hydrogens is 484 g/mol. The topological polar surface area (TPSA) is 67.2 Å². The summed E-state index contributed by atoms with van der Waals surface area (Å²) in [6, 6.07) is 27.3. The fraction of sp³-hybridized carbons (Fsp3) is 0.172. The van der Waals surface area contributed by atoms with E-state index in [1.54, 1.807) is 24.3 Å². The van der Waals surface area contributed by atoms with Crippen LogP contribution in [0.1, 0.15) is 21.7 Å². The van der Waals surface area contributed by atoms with E-state index in [0.717, 1.165) is 33.9 Å². The number of anilines is 1. The van der Waals surface area contributed by atoms with Gasteiger partial charge >= 0.3 is 0 Å². The maximum atomic E-state index is 13.0. The highest BCUT2D eigenvalue weighted by molar-refractivity contribution is 6.30. The molecule has 2 aromatic heterocycles. The molecule has 0 radical (unpaired) electrons. The highest BCUT2D eigenvalue weighted by Crippen LogP contribution is 2.27. The molecule has 3 aromatic carbocycles. The van der Waals surface area contributed by atoms with Crippen molar-refractivity contribution in [2.75, 3.05) is 31.1 Å². The van der Waals surface area contributed by atoms with Gasteiger partial charge in [0.2, 0.25) is 0 Å². The fourth-order valence-corrected chi connectivity index (χ4v) is 4.82. The van der Waals surface area contributed by atoms with E-state index in [4.69, 9.17) is 21.6 Å². The number of nitrogens with zero attached hydrogens (tertiary/aromatic N) is 6. The number of halogens is 1. The number of rotatable bonds is 5. The lowest BCUT2D eigenvalue weighted by Crippen LogP contribution is -2.49. The molecule has 0 N–H and O–H groups in total. The van der Waals surface area contributed by atoms with Gasteiger partial charge in [0.05, 0.1) is 17.3 Å². The summed E-state index contributed by atoms with van der Waals surface area (Å²) in [5.41, 5.74) is 3.53. The fourth-order valence-electron chi connectivity index (χ4n) is 4.69. The maximum Gasteiger partial charge on any atom is 0.253 e. The Kier molecular flexibility index (Phi) is 6.28. The molecular formula is C29H25ClN6O. The van der Waals surface area contributed by atoms with Crippen molar-refractivity contribution in [3.63, 3.8) is 0 Å². The lowest BCUT2D eigenvalue weighted by atomic mass is 10.1. The molecule has 0 saturated carbocycles. The minimum atomic E-state index is 0.0193. The highest BCUT2D eigenvalue weighted by atomic mass is 35.5. The van der Waals surface area contributed by atoms with Crippen LogP contribution >= 0.6 is 11.6 Å². The number of fused-ring (bicyclic) bond motifs is 1. The second-order valence-electron chi connectivity index (χ2n) is 9.04. The lowest BCUT2D eigenvalue weighted by molar-refractivity contribution is 0.0746. The number of amides is 1. The zero-order valence-corrected chi connectivity index (χ0v) is 20.9. The summed E-state index contributed by atoms with van der Waals surface area (Å²) in [5.74, 6) is 1.62. The van der Waals surface area contributed by atoms with Gasteiger partial charge in [-0.3, -0.25) is 4.79 Å². The van der Waals surface area contributed by atoms with E-state index in [9.17, 15) is 4.79 Å².